The van der Waals surface area contributed by atoms with Gasteiger partial charge < -0.3 is 4.90 Å². The van der Waals surface area contributed by atoms with Crippen molar-refractivity contribution in [1.82, 2.24) is 9.88 Å². The number of carbonyl (C=O) groups excluding carboxylic acids is 1. The van der Waals surface area contributed by atoms with Crippen LogP contribution in [0.1, 0.15) is 33.0 Å². The molecule has 0 N–H and O–H groups in total. The smallest absolute Gasteiger partial charge is 0.164 e. The van der Waals surface area contributed by atoms with Crippen LogP contribution in [0.5, 0.6) is 0 Å². The Morgan fingerprint density at radius 3 is 2.76 bits per heavy atom. The summed E-state index contributed by atoms with van der Waals surface area (Å²) in [5, 5.41) is 3.08. The van der Waals surface area contributed by atoms with Crippen molar-refractivity contribution < 1.29 is 9.18 Å². The van der Waals surface area contributed by atoms with E-state index in [1.54, 1.807) is 30.4 Å². The lowest BCUT2D eigenvalue weighted by Gasteiger charge is -2.14. The molecule has 2 rings (SSSR count). The number of rotatable bonds is 6. The Kier molecular flexibility index (Phi) is 5.20. The van der Waals surface area contributed by atoms with Crippen molar-refractivity contribution in [3.8, 4) is 0 Å². The number of Topliss-reactive ketones (excluding diaryl/α,β-unsaturated/α-hetero) is 1. The van der Waals surface area contributed by atoms with Gasteiger partial charge in [-0.2, -0.15) is 0 Å². The van der Waals surface area contributed by atoms with Crippen LogP contribution in [-0.2, 0) is 6.54 Å². The molecule has 112 valence electrons. The van der Waals surface area contributed by atoms with Crippen LogP contribution in [0.2, 0.25) is 0 Å². The summed E-state index contributed by atoms with van der Waals surface area (Å²) >= 11 is 1.62. The third-order valence-corrected chi connectivity index (χ3v) is 4.14. The second kappa shape index (κ2) is 6.91. The zero-order valence-corrected chi connectivity index (χ0v) is 13.3. The number of benzene rings is 1. The fourth-order valence-electron chi connectivity index (χ4n) is 2.04. The Hall–Kier alpha value is -1.59. The van der Waals surface area contributed by atoms with Crippen LogP contribution in [0.25, 0.3) is 0 Å². The molecule has 0 spiro atoms. The molecule has 5 heteroatoms. The molecule has 1 aromatic heterocycles. The molecule has 21 heavy (non-hydrogen) atoms. The Balaban J connectivity index is 1.86. The lowest BCUT2D eigenvalue weighted by atomic mass is 10.1. The molecule has 3 nitrogen and oxygen atoms in total. The van der Waals surface area contributed by atoms with Crippen molar-refractivity contribution in [2.24, 2.45) is 0 Å². The second-order valence-corrected chi connectivity index (χ2v) is 6.30. The lowest BCUT2D eigenvalue weighted by molar-refractivity contribution is 0.0967. The minimum atomic E-state index is -0.327. The number of aryl methyl sites for hydroxylation is 2. The van der Waals surface area contributed by atoms with Crippen molar-refractivity contribution >= 4 is 17.1 Å². The Bertz CT molecular complexity index is 639. The summed E-state index contributed by atoms with van der Waals surface area (Å²) in [6, 6.07) is 4.65. The molecular formula is C16H19FN2OS. The highest BCUT2D eigenvalue weighted by Crippen LogP contribution is 2.13. The average Bonchev–Trinajstić information content (AvgIpc) is 2.84. The lowest BCUT2D eigenvalue weighted by Crippen LogP contribution is -2.21. The summed E-state index contributed by atoms with van der Waals surface area (Å²) < 4.78 is 13.5. The first-order valence-electron chi connectivity index (χ1n) is 6.84. The zero-order valence-electron chi connectivity index (χ0n) is 12.5. The van der Waals surface area contributed by atoms with E-state index in [0.29, 0.717) is 24.1 Å². The molecule has 0 saturated heterocycles. The largest absolute Gasteiger partial charge is 0.300 e. The van der Waals surface area contributed by atoms with E-state index in [9.17, 15) is 9.18 Å². The Labute approximate surface area is 128 Å². The minimum Gasteiger partial charge on any atom is -0.300 e. The van der Waals surface area contributed by atoms with Gasteiger partial charge in [0.25, 0.3) is 0 Å². The maximum Gasteiger partial charge on any atom is 0.164 e. The summed E-state index contributed by atoms with van der Waals surface area (Å²) in [6.45, 7) is 5.02. The van der Waals surface area contributed by atoms with E-state index in [0.717, 1.165) is 17.2 Å². The monoisotopic (exact) mass is 306 g/mol. The van der Waals surface area contributed by atoms with E-state index < -0.39 is 0 Å². The molecule has 1 heterocycles. The van der Waals surface area contributed by atoms with Gasteiger partial charge in [0.05, 0.1) is 10.7 Å². The second-order valence-electron chi connectivity index (χ2n) is 5.23. The highest BCUT2D eigenvalue weighted by atomic mass is 32.1. The molecule has 0 bridgehead atoms. The van der Waals surface area contributed by atoms with E-state index in [2.05, 4.69) is 9.88 Å². The predicted octanol–water partition coefficient (Wildman–Crippen LogP) is 3.60. The number of nitrogens with zero attached hydrogens (tertiary/aromatic N) is 2. The highest BCUT2D eigenvalue weighted by Gasteiger charge is 2.10. The van der Waals surface area contributed by atoms with E-state index >= 15 is 0 Å². The summed E-state index contributed by atoms with van der Waals surface area (Å²) in [7, 11) is 1.96. The first-order chi connectivity index (χ1) is 9.95. The molecule has 0 aliphatic rings. The molecule has 0 atom stereocenters. The molecule has 0 saturated carbocycles. The number of hydrogen-bond donors (Lipinski definition) is 0. The van der Waals surface area contributed by atoms with Crippen LogP contribution in [0.15, 0.2) is 23.6 Å². The van der Waals surface area contributed by atoms with E-state index in [-0.39, 0.29) is 11.6 Å². The number of aromatic nitrogens is 1. The molecule has 0 radical (unpaired) electrons. The van der Waals surface area contributed by atoms with Gasteiger partial charge in [-0.3, -0.25) is 4.79 Å². The number of thiazole rings is 1. The topological polar surface area (TPSA) is 33.2 Å². The van der Waals surface area contributed by atoms with Gasteiger partial charge in [0.15, 0.2) is 5.78 Å². The standard InChI is InChI=1S/C16H19FN2OS/c1-11-4-5-13(8-15(11)17)16(20)6-7-19(3)9-14-10-21-12(2)18-14/h4-5,8,10H,6-7,9H2,1-3H3. The predicted molar refractivity (Wildman–Crippen MR) is 83.3 cm³/mol. The fourth-order valence-corrected chi connectivity index (χ4v) is 2.64. The van der Waals surface area contributed by atoms with Gasteiger partial charge in [-0.05, 0) is 32.5 Å². The first kappa shape index (κ1) is 15.8. The van der Waals surface area contributed by atoms with Gasteiger partial charge in [-0.25, -0.2) is 9.37 Å². The number of hydrogen-bond acceptors (Lipinski definition) is 4. The molecular weight excluding hydrogens is 287 g/mol. The van der Waals surface area contributed by atoms with E-state index in [1.807, 2.05) is 19.4 Å². The van der Waals surface area contributed by atoms with Crippen molar-refractivity contribution in [3.05, 3.63) is 51.2 Å². The number of halogens is 1. The quantitative estimate of drug-likeness (QED) is 0.765. The van der Waals surface area contributed by atoms with Crippen LogP contribution in [0.4, 0.5) is 4.39 Å². The molecule has 1 aromatic carbocycles. The van der Waals surface area contributed by atoms with Crippen molar-refractivity contribution in [2.45, 2.75) is 26.8 Å². The number of carbonyl (C=O) groups is 1. The molecule has 2 aromatic rings. The van der Waals surface area contributed by atoms with Gasteiger partial charge in [0.2, 0.25) is 0 Å². The van der Waals surface area contributed by atoms with Crippen molar-refractivity contribution in [2.75, 3.05) is 13.6 Å². The van der Waals surface area contributed by atoms with E-state index in [4.69, 9.17) is 0 Å². The summed E-state index contributed by atoms with van der Waals surface area (Å²) in [6.07, 6.45) is 0.377. The Morgan fingerprint density at radius 1 is 1.38 bits per heavy atom. The fraction of sp³-hybridized carbons (Fsp3) is 0.375. The Morgan fingerprint density at radius 2 is 2.14 bits per heavy atom. The zero-order chi connectivity index (χ0) is 15.4. The van der Waals surface area contributed by atoms with Gasteiger partial charge in [0, 0.05) is 30.5 Å². The van der Waals surface area contributed by atoms with Gasteiger partial charge in [-0.1, -0.05) is 12.1 Å². The summed E-state index contributed by atoms with van der Waals surface area (Å²) in [4.78, 5) is 18.5. The van der Waals surface area contributed by atoms with Gasteiger partial charge in [0.1, 0.15) is 5.82 Å². The third kappa shape index (κ3) is 4.44. The van der Waals surface area contributed by atoms with Crippen LogP contribution in [-0.4, -0.2) is 29.3 Å². The molecule has 0 aliphatic carbocycles. The van der Waals surface area contributed by atoms with Gasteiger partial charge >= 0.3 is 0 Å². The van der Waals surface area contributed by atoms with Crippen LogP contribution < -0.4 is 0 Å². The number of ketones is 1. The molecule has 0 aliphatic heterocycles. The maximum atomic E-state index is 13.5. The summed E-state index contributed by atoms with van der Waals surface area (Å²) in [5.41, 5.74) is 2.02. The minimum absolute atomic E-state index is 0.0322. The molecule has 0 amide bonds. The van der Waals surface area contributed by atoms with Crippen LogP contribution in [0.3, 0.4) is 0 Å². The van der Waals surface area contributed by atoms with Crippen LogP contribution in [0, 0.1) is 19.7 Å². The average molecular weight is 306 g/mol. The highest BCUT2D eigenvalue weighted by molar-refractivity contribution is 7.09. The van der Waals surface area contributed by atoms with E-state index in [1.165, 1.54) is 6.07 Å². The van der Waals surface area contributed by atoms with Crippen molar-refractivity contribution in [3.63, 3.8) is 0 Å². The SMILES string of the molecule is Cc1nc(CN(C)CCC(=O)c2ccc(C)c(F)c2)cs1. The first-order valence-corrected chi connectivity index (χ1v) is 7.72. The van der Waals surface area contributed by atoms with Crippen molar-refractivity contribution in [1.29, 1.82) is 0 Å². The molecule has 0 fully saturated rings. The summed E-state index contributed by atoms with van der Waals surface area (Å²) in [5.74, 6) is -0.359. The van der Waals surface area contributed by atoms with Gasteiger partial charge in [-0.15, -0.1) is 11.3 Å². The maximum absolute atomic E-state index is 13.5. The third-order valence-electron chi connectivity index (χ3n) is 3.31. The van der Waals surface area contributed by atoms with Crippen LogP contribution >= 0.6 is 11.3 Å². The normalized spacial score (nSPS) is 11.1. The molecule has 0 unspecified atom stereocenters.